The van der Waals surface area contributed by atoms with Crippen LogP contribution in [0.5, 0.6) is 5.75 Å². The number of rotatable bonds is 4. The van der Waals surface area contributed by atoms with E-state index in [2.05, 4.69) is 10.3 Å². The number of pyridine rings is 1. The van der Waals surface area contributed by atoms with E-state index in [0.717, 1.165) is 10.9 Å². The number of halogens is 1. The maximum Gasteiger partial charge on any atom is 0.262 e. The molecule has 110 valence electrons. The number of hydrogen-bond acceptors (Lipinski definition) is 3. The molecule has 3 rings (SSSR count). The van der Waals surface area contributed by atoms with E-state index in [4.69, 9.17) is 16.3 Å². The summed E-state index contributed by atoms with van der Waals surface area (Å²) in [6.45, 7) is -0.0785. The Morgan fingerprint density at radius 2 is 1.86 bits per heavy atom. The van der Waals surface area contributed by atoms with Crippen molar-refractivity contribution in [2.75, 3.05) is 11.9 Å². The average Bonchev–Trinajstić information content (AvgIpc) is 2.55. The van der Waals surface area contributed by atoms with Crippen molar-refractivity contribution in [1.29, 1.82) is 0 Å². The first-order valence-corrected chi connectivity index (χ1v) is 7.12. The quantitative estimate of drug-likeness (QED) is 0.794. The number of amides is 1. The Bertz CT molecular complexity index is 798. The number of anilines is 1. The van der Waals surface area contributed by atoms with Gasteiger partial charge in [-0.2, -0.15) is 0 Å². The fraction of sp³-hybridized carbons (Fsp3) is 0.0588. The molecule has 1 aromatic heterocycles. The molecular weight excluding hydrogens is 300 g/mol. The van der Waals surface area contributed by atoms with Gasteiger partial charge in [-0.25, -0.2) is 0 Å². The molecule has 0 atom stereocenters. The normalized spacial score (nSPS) is 10.4. The van der Waals surface area contributed by atoms with E-state index in [1.807, 2.05) is 30.3 Å². The van der Waals surface area contributed by atoms with Crippen molar-refractivity contribution in [1.82, 2.24) is 4.98 Å². The van der Waals surface area contributed by atoms with E-state index < -0.39 is 0 Å². The van der Waals surface area contributed by atoms with Crippen LogP contribution in [0, 0.1) is 0 Å². The third kappa shape index (κ3) is 3.35. The van der Waals surface area contributed by atoms with Gasteiger partial charge >= 0.3 is 0 Å². The molecule has 0 aliphatic rings. The van der Waals surface area contributed by atoms with Crippen LogP contribution >= 0.6 is 11.6 Å². The van der Waals surface area contributed by atoms with E-state index in [9.17, 15) is 4.79 Å². The first-order chi connectivity index (χ1) is 10.7. The van der Waals surface area contributed by atoms with Gasteiger partial charge in [0.2, 0.25) is 0 Å². The molecule has 0 aliphatic heterocycles. The number of nitrogens with zero attached hydrogens (tertiary/aromatic N) is 1. The molecule has 1 amide bonds. The van der Waals surface area contributed by atoms with Crippen molar-refractivity contribution in [3.05, 3.63) is 65.8 Å². The fourth-order valence-electron chi connectivity index (χ4n) is 2.07. The summed E-state index contributed by atoms with van der Waals surface area (Å²) in [6, 6.07) is 16.3. The van der Waals surface area contributed by atoms with Crippen molar-refractivity contribution in [2.45, 2.75) is 0 Å². The van der Waals surface area contributed by atoms with Gasteiger partial charge in [-0.3, -0.25) is 9.78 Å². The lowest BCUT2D eigenvalue weighted by atomic mass is 10.2. The monoisotopic (exact) mass is 312 g/mol. The number of hydrogen-bond donors (Lipinski definition) is 1. The van der Waals surface area contributed by atoms with E-state index in [-0.39, 0.29) is 12.5 Å². The van der Waals surface area contributed by atoms with Crippen LogP contribution in [-0.4, -0.2) is 17.5 Å². The van der Waals surface area contributed by atoms with Gasteiger partial charge in [-0.15, -0.1) is 0 Å². The van der Waals surface area contributed by atoms with Crippen LogP contribution in [0.25, 0.3) is 10.9 Å². The first-order valence-electron chi connectivity index (χ1n) is 6.74. The Hall–Kier alpha value is -2.59. The minimum atomic E-state index is -0.242. The molecular formula is C17H13ClN2O2. The highest BCUT2D eigenvalue weighted by atomic mass is 35.5. The van der Waals surface area contributed by atoms with Gasteiger partial charge in [0.15, 0.2) is 6.61 Å². The lowest BCUT2D eigenvalue weighted by Crippen LogP contribution is -2.20. The Morgan fingerprint density at radius 3 is 2.68 bits per heavy atom. The van der Waals surface area contributed by atoms with Crippen LogP contribution in [-0.2, 0) is 4.79 Å². The van der Waals surface area contributed by atoms with Crippen molar-refractivity contribution in [3.63, 3.8) is 0 Å². The van der Waals surface area contributed by atoms with Crippen LogP contribution in [0.2, 0.25) is 5.02 Å². The van der Waals surface area contributed by atoms with Gasteiger partial charge in [0.05, 0.1) is 11.2 Å². The van der Waals surface area contributed by atoms with Gasteiger partial charge in [0.25, 0.3) is 5.91 Å². The smallest absolute Gasteiger partial charge is 0.262 e. The highest BCUT2D eigenvalue weighted by molar-refractivity contribution is 6.30. The zero-order chi connectivity index (χ0) is 15.4. The Labute approximate surface area is 132 Å². The summed E-state index contributed by atoms with van der Waals surface area (Å²) in [5.41, 5.74) is 1.42. The predicted molar refractivity (Wildman–Crippen MR) is 87.3 cm³/mol. The number of para-hydroxylation sites is 1. The average molecular weight is 313 g/mol. The largest absolute Gasteiger partial charge is 0.484 e. The summed E-state index contributed by atoms with van der Waals surface area (Å²) < 4.78 is 5.42. The van der Waals surface area contributed by atoms with Crippen molar-refractivity contribution in [3.8, 4) is 5.75 Å². The van der Waals surface area contributed by atoms with E-state index in [0.29, 0.717) is 16.5 Å². The standard InChI is InChI=1S/C17H13ClN2O2/c18-13-6-8-14(9-7-13)22-11-16(21)20-15-5-1-3-12-4-2-10-19-17(12)15/h1-10H,11H2,(H,20,21). The Kier molecular flexibility index (Phi) is 4.21. The summed E-state index contributed by atoms with van der Waals surface area (Å²) in [6.07, 6.45) is 1.70. The molecule has 0 saturated heterocycles. The number of nitrogens with one attached hydrogen (secondary N) is 1. The molecule has 22 heavy (non-hydrogen) atoms. The lowest BCUT2D eigenvalue weighted by molar-refractivity contribution is -0.118. The van der Waals surface area contributed by atoms with Crippen molar-refractivity contribution >= 4 is 34.1 Å². The molecule has 5 heteroatoms. The molecule has 0 radical (unpaired) electrons. The third-order valence-electron chi connectivity index (χ3n) is 3.09. The highest BCUT2D eigenvalue weighted by Crippen LogP contribution is 2.20. The number of carbonyl (C=O) groups excluding carboxylic acids is 1. The van der Waals surface area contributed by atoms with Crippen LogP contribution < -0.4 is 10.1 Å². The van der Waals surface area contributed by atoms with Crippen molar-refractivity contribution < 1.29 is 9.53 Å². The molecule has 1 heterocycles. The third-order valence-corrected chi connectivity index (χ3v) is 3.34. The maximum absolute atomic E-state index is 12.0. The molecule has 2 aromatic carbocycles. The molecule has 4 nitrogen and oxygen atoms in total. The van der Waals surface area contributed by atoms with Gasteiger partial charge in [-0.1, -0.05) is 29.8 Å². The topological polar surface area (TPSA) is 51.2 Å². The molecule has 0 saturated carbocycles. The number of carbonyl (C=O) groups is 1. The summed E-state index contributed by atoms with van der Waals surface area (Å²) >= 11 is 5.80. The molecule has 0 fully saturated rings. The molecule has 0 unspecified atom stereocenters. The molecule has 3 aromatic rings. The fourth-order valence-corrected chi connectivity index (χ4v) is 2.20. The van der Waals surface area contributed by atoms with Gasteiger partial charge in [0.1, 0.15) is 5.75 Å². The van der Waals surface area contributed by atoms with Crippen LogP contribution in [0.15, 0.2) is 60.8 Å². The van der Waals surface area contributed by atoms with Crippen LogP contribution in [0.4, 0.5) is 5.69 Å². The van der Waals surface area contributed by atoms with Crippen LogP contribution in [0.3, 0.4) is 0 Å². The maximum atomic E-state index is 12.0. The molecule has 0 bridgehead atoms. The molecule has 0 aliphatic carbocycles. The number of aromatic nitrogens is 1. The Morgan fingerprint density at radius 1 is 1.09 bits per heavy atom. The molecule has 0 spiro atoms. The second kappa shape index (κ2) is 6.45. The van der Waals surface area contributed by atoms with E-state index in [1.54, 1.807) is 30.5 Å². The summed E-state index contributed by atoms with van der Waals surface area (Å²) in [5.74, 6) is 0.351. The van der Waals surface area contributed by atoms with Crippen molar-refractivity contribution in [2.24, 2.45) is 0 Å². The Balaban J connectivity index is 1.67. The zero-order valence-electron chi connectivity index (χ0n) is 11.6. The first kappa shape index (κ1) is 14.4. The summed E-state index contributed by atoms with van der Waals surface area (Å²) in [5, 5.41) is 4.41. The number of ether oxygens (including phenoxy) is 1. The van der Waals surface area contributed by atoms with E-state index >= 15 is 0 Å². The zero-order valence-corrected chi connectivity index (χ0v) is 12.4. The minimum absolute atomic E-state index is 0.0785. The van der Waals surface area contributed by atoms with Crippen LogP contribution in [0.1, 0.15) is 0 Å². The van der Waals surface area contributed by atoms with Gasteiger partial charge in [-0.05, 0) is 36.4 Å². The predicted octanol–water partition coefficient (Wildman–Crippen LogP) is 3.91. The van der Waals surface area contributed by atoms with Gasteiger partial charge in [0, 0.05) is 16.6 Å². The number of fused-ring (bicyclic) bond motifs is 1. The second-order valence-corrected chi connectivity index (χ2v) is 5.11. The minimum Gasteiger partial charge on any atom is -0.484 e. The van der Waals surface area contributed by atoms with E-state index in [1.165, 1.54) is 0 Å². The number of benzene rings is 2. The highest BCUT2D eigenvalue weighted by Gasteiger charge is 2.07. The summed E-state index contributed by atoms with van der Waals surface area (Å²) in [4.78, 5) is 16.3. The molecule has 1 N–H and O–H groups in total. The lowest BCUT2D eigenvalue weighted by Gasteiger charge is -2.09. The summed E-state index contributed by atoms with van der Waals surface area (Å²) in [7, 11) is 0. The SMILES string of the molecule is O=C(COc1ccc(Cl)cc1)Nc1cccc2cccnc12. The second-order valence-electron chi connectivity index (χ2n) is 4.67. The van der Waals surface area contributed by atoms with Gasteiger partial charge < -0.3 is 10.1 Å².